The van der Waals surface area contributed by atoms with Crippen molar-refractivity contribution in [3.05, 3.63) is 46.4 Å². The third-order valence-electron chi connectivity index (χ3n) is 3.82. The normalized spacial score (nSPS) is 15.6. The number of hydrogen-bond donors (Lipinski definition) is 0. The fourth-order valence-corrected chi connectivity index (χ4v) is 2.85. The molecule has 1 nitrogen and oxygen atoms in total. The number of halogens is 1. The van der Waals surface area contributed by atoms with Gasteiger partial charge < -0.3 is 0 Å². The molecule has 18 heavy (non-hydrogen) atoms. The summed E-state index contributed by atoms with van der Waals surface area (Å²) in [5.41, 5.74) is 0.858. The van der Waals surface area contributed by atoms with Gasteiger partial charge in [-0.15, -0.1) is 0 Å². The lowest BCUT2D eigenvalue weighted by atomic mass is 9.81. The van der Waals surface area contributed by atoms with Crippen molar-refractivity contribution in [2.75, 3.05) is 0 Å². The maximum Gasteiger partial charge on any atom is 0.163 e. The molecule has 0 N–H and O–H groups in total. The first-order valence-corrected chi connectivity index (χ1v) is 7.24. The van der Waals surface area contributed by atoms with E-state index in [0.717, 1.165) is 21.8 Å². The maximum atomic E-state index is 12.1. The fraction of sp³-hybridized carbons (Fsp3) is 0.312. The second kappa shape index (κ2) is 4.85. The molecule has 0 bridgehead atoms. The Morgan fingerprint density at radius 3 is 2.56 bits per heavy atom. The van der Waals surface area contributed by atoms with Crippen LogP contribution in [0.1, 0.15) is 36.0 Å². The zero-order chi connectivity index (χ0) is 12.5. The number of carbonyl (C=O) groups is 1. The van der Waals surface area contributed by atoms with Crippen LogP contribution in [0.2, 0.25) is 0 Å². The van der Waals surface area contributed by atoms with Crippen LogP contribution >= 0.6 is 15.9 Å². The molecule has 2 aromatic carbocycles. The van der Waals surface area contributed by atoms with Gasteiger partial charge in [0, 0.05) is 16.5 Å². The minimum atomic E-state index is 0.296. The molecule has 1 aliphatic carbocycles. The third kappa shape index (κ3) is 2.35. The highest BCUT2D eigenvalue weighted by Gasteiger charge is 2.21. The molecule has 0 aromatic heterocycles. The Morgan fingerprint density at radius 1 is 1.11 bits per heavy atom. The summed E-state index contributed by atoms with van der Waals surface area (Å²) in [7, 11) is 0. The first-order chi connectivity index (χ1) is 8.72. The lowest BCUT2D eigenvalue weighted by Crippen LogP contribution is -2.15. The third-order valence-corrected chi connectivity index (χ3v) is 4.32. The van der Waals surface area contributed by atoms with Crippen LogP contribution in [0.5, 0.6) is 0 Å². The van der Waals surface area contributed by atoms with Crippen molar-refractivity contribution < 1.29 is 4.79 Å². The quantitative estimate of drug-likeness (QED) is 0.731. The summed E-state index contributed by atoms with van der Waals surface area (Å²) in [6, 6.07) is 12.2. The van der Waals surface area contributed by atoms with Gasteiger partial charge in [0.15, 0.2) is 5.78 Å². The van der Waals surface area contributed by atoms with E-state index in [1.807, 2.05) is 24.3 Å². The number of carbonyl (C=O) groups excluding carboxylic acids is 1. The van der Waals surface area contributed by atoms with Crippen molar-refractivity contribution in [3.8, 4) is 0 Å². The second-order valence-corrected chi connectivity index (χ2v) is 6.05. The van der Waals surface area contributed by atoms with Gasteiger partial charge in [0.2, 0.25) is 0 Å². The van der Waals surface area contributed by atoms with Crippen LogP contribution in [-0.2, 0) is 0 Å². The molecule has 0 spiro atoms. The second-order valence-electron chi connectivity index (χ2n) is 5.13. The SMILES string of the molecule is O=C(CC1CCC1)c1ccc2cc(Br)ccc2c1. The van der Waals surface area contributed by atoms with Crippen LogP contribution in [0, 0.1) is 5.92 Å². The number of Topliss-reactive ketones (excluding diaryl/α,β-unsaturated/α-hetero) is 1. The average molecular weight is 303 g/mol. The zero-order valence-electron chi connectivity index (χ0n) is 10.2. The molecule has 0 aliphatic heterocycles. The predicted molar refractivity (Wildman–Crippen MR) is 77.9 cm³/mol. The smallest absolute Gasteiger partial charge is 0.163 e. The Bertz CT molecular complexity index is 599. The molecule has 92 valence electrons. The fourth-order valence-electron chi connectivity index (χ4n) is 2.47. The monoisotopic (exact) mass is 302 g/mol. The van der Waals surface area contributed by atoms with Gasteiger partial charge in [0.1, 0.15) is 0 Å². The molecule has 0 atom stereocenters. The molecule has 1 fully saturated rings. The van der Waals surface area contributed by atoms with Gasteiger partial charge in [-0.25, -0.2) is 0 Å². The zero-order valence-corrected chi connectivity index (χ0v) is 11.7. The number of rotatable bonds is 3. The lowest BCUT2D eigenvalue weighted by molar-refractivity contribution is 0.0936. The Morgan fingerprint density at radius 2 is 1.83 bits per heavy atom. The van der Waals surface area contributed by atoms with E-state index in [4.69, 9.17) is 0 Å². The Kier molecular flexibility index (Phi) is 3.21. The van der Waals surface area contributed by atoms with E-state index in [9.17, 15) is 4.79 Å². The molecule has 0 unspecified atom stereocenters. The highest BCUT2D eigenvalue weighted by Crippen LogP contribution is 2.31. The summed E-state index contributed by atoms with van der Waals surface area (Å²) < 4.78 is 1.07. The Balaban J connectivity index is 1.87. The van der Waals surface area contributed by atoms with Crippen LogP contribution in [-0.4, -0.2) is 5.78 Å². The summed E-state index contributed by atoms with van der Waals surface area (Å²) in [5.74, 6) is 0.933. The van der Waals surface area contributed by atoms with Crippen molar-refractivity contribution in [1.29, 1.82) is 0 Å². The van der Waals surface area contributed by atoms with Crippen molar-refractivity contribution in [3.63, 3.8) is 0 Å². The van der Waals surface area contributed by atoms with Gasteiger partial charge >= 0.3 is 0 Å². The minimum absolute atomic E-state index is 0.296. The first kappa shape index (κ1) is 11.9. The van der Waals surface area contributed by atoms with E-state index >= 15 is 0 Å². The summed E-state index contributed by atoms with van der Waals surface area (Å²) >= 11 is 3.46. The molecule has 0 heterocycles. The molecular weight excluding hydrogens is 288 g/mol. The van der Waals surface area contributed by atoms with Crippen molar-refractivity contribution in [2.24, 2.45) is 5.92 Å². The van der Waals surface area contributed by atoms with Crippen molar-refractivity contribution >= 4 is 32.5 Å². The summed E-state index contributed by atoms with van der Waals surface area (Å²) in [6.07, 6.45) is 4.48. The largest absolute Gasteiger partial charge is 0.294 e. The molecule has 2 aromatic rings. The van der Waals surface area contributed by atoms with E-state index in [2.05, 4.69) is 28.1 Å². The van der Waals surface area contributed by atoms with Gasteiger partial charge in [-0.3, -0.25) is 4.79 Å². The molecule has 1 saturated carbocycles. The number of ketones is 1. The molecule has 0 radical (unpaired) electrons. The van der Waals surface area contributed by atoms with Gasteiger partial charge in [0.25, 0.3) is 0 Å². The van der Waals surface area contributed by atoms with Gasteiger partial charge in [-0.05, 0) is 34.9 Å². The highest BCUT2D eigenvalue weighted by molar-refractivity contribution is 9.10. The van der Waals surface area contributed by atoms with Crippen LogP contribution in [0.15, 0.2) is 40.9 Å². The molecule has 0 amide bonds. The molecular formula is C16H15BrO. The van der Waals surface area contributed by atoms with E-state index < -0.39 is 0 Å². The van der Waals surface area contributed by atoms with Crippen LogP contribution in [0.4, 0.5) is 0 Å². The van der Waals surface area contributed by atoms with Crippen molar-refractivity contribution in [2.45, 2.75) is 25.7 Å². The van der Waals surface area contributed by atoms with Crippen molar-refractivity contribution in [1.82, 2.24) is 0 Å². The van der Waals surface area contributed by atoms with Crippen LogP contribution in [0.3, 0.4) is 0 Å². The number of hydrogen-bond acceptors (Lipinski definition) is 1. The van der Waals surface area contributed by atoms with Gasteiger partial charge in [-0.1, -0.05) is 53.4 Å². The Labute approximate surface area is 115 Å². The lowest BCUT2D eigenvalue weighted by Gasteiger charge is -2.24. The first-order valence-electron chi connectivity index (χ1n) is 6.45. The molecule has 3 rings (SSSR count). The number of fused-ring (bicyclic) bond motifs is 1. The van der Waals surface area contributed by atoms with E-state index in [1.54, 1.807) is 0 Å². The van der Waals surface area contributed by atoms with E-state index in [1.165, 1.54) is 24.6 Å². The Hall–Kier alpha value is -1.15. The summed E-state index contributed by atoms with van der Waals surface area (Å²) in [5, 5.41) is 2.31. The molecule has 0 saturated heterocycles. The molecule has 2 heteroatoms. The number of benzene rings is 2. The van der Waals surface area contributed by atoms with E-state index in [-0.39, 0.29) is 0 Å². The van der Waals surface area contributed by atoms with Gasteiger partial charge in [-0.2, -0.15) is 0 Å². The summed E-state index contributed by atoms with van der Waals surface area (Å²) in [6.45, 7) is 0. The molecule has 1 aliphatic rings. The standard InChI is InChI=1S/C16H15BrO/c17-15-7-6-12-9-14(5-4-13(12)10-15)16(18)8-11-2-1-3-11/h4-7,9-11H,1-3,8H2. The highest BCUT2D eigenvalue weighted by atomic mass is 79.9. The minimum Gasteiger partial charge on any atom is -0.294 e. The van der Waals surface area contributed by atoms with Crippen LogP contribution < -0.4 is 0 Å². The van der Waals surface area contributed by atoms with Crippen LogP contribution in [0.25, 0.3) is 10.8 Å². The van der Waals surface area contributed by atoms with Gasteiger partial charge in [0.05, 0.1) is 0 Å². The summed E-state index contributed by atoms with van der Waals surface area (Å²) in [4.78, 5) is 12.1. The average Bonchev–Trinajstić information content (AvgIpc) is 2.33. The van der Waals surface area contributed by atoms with E-state index in [0.29, 0.717) is 11.7 Å². The maximum absolute atomic E-state index is 12.1. The topological polar surface area (TPSA) is 17.1 Å². The predicted octanol–water partition coefficient (Wildman–Crippen LogP) is 4.98.